The SMILES string of the molecule is CC(C)CC1(c2cccc(O)c2)CCNC1. The highest BCUT2D eigenvalue weighted by Gasteiger charge is 2.36. The highest BCUT2D eigenvalue weighted by Crippen LogP contribution is 2.37. The van der Waals surface area contributed by atoms with Crippen LogP contribution in [0.2, 0.25) is 0 Å². The van der Waals surface area contributed by atoms with Crippen LogP contribution in [-0.4, -0.2) is 18.2 Å². The van der Waals surface area contributed by atoms with E-state index in [9.17, 15) is 5.11 Å². The van der Waals surface area contributed by atoms with E-state index in [4.69, 9.17) is 0 Å². The fourth-order valence-corrected chi connectivity index (χ4v) is 2.90. The summed E-state index contributed by atoms with van der Waals surface area (Å²) in [4.78, 5) is 0. The van der Waals surface area contributed by atoms with Crippen LogP contribution in [0.25, 0.3) is 0 Å². The lowest BCUT2D eigenvalue weighted by atomic mass is 9.74. The maximum Gasteiger partial charge on any atom is 0.115 e. The van der Waals surface area contributed by atoms with E-state index >= 15 is 0 Å². The molecule has 1 saturated heterocycles. The van der Waals surface area contributed by atoms with Crippen LogP contribution in [-0.2, 0) is 5.41 Å². The lowest BCUT2D eigenvalue weighted by Crippen LogP contribution is -2.30. The van der Waals surface area contributed by atoms with Gasteiger partial charge in [-0.3, -0.25) is 0 Å². The Hall–Kier alpha value is -1.02. The highest BCUT2D eigenvalue weighted by molar-refractivity contribution is 5.34. The summed E-state index contributed by atoms with van der Waals surface area (Å²) in [7, 11) is 0. The summed E-state index contributed by atoms with van der Waals surface area (Å²) < 4.78 is 0. The van der Waals surface area contributed by atoms with Gasteiger partial charge in [0.2, 0.25) is 0 Å². The zero-order valence-corrected chi connectivity index (χ0v) is 10.2. The first-order chi connectivity index (χ1) is 7.62. The average Bonchev–Trinajstić information content (AvgIpc) is 2.66. The normalized spacial score (nSPS) is 25.2. The van der Waals surface area contributed by atoms with Crippen molar-refractivity contribution in [2.45, 2.75) is 32.1 Å². The number of aromatic hydroxyl groups is 1. The van der Waals surface area contributed by atoms with Gasteiger partial charge in [-0.05, 0) is 43.0 Å². The first kappa shape index (κ1) is 11.5. The Morgan fingerprint density at radius 2 is 2.25 bits per heavy atom. The molecule has 2 rings (SSSR count). The Balaban J connectivity index is 2.31. The summed E-state index contributed by atoms with van der Waals surface area (Å²) in [5.74, 6) is 1.06. The topological polar surface area (TPSA) is 32.3 Å². The van der Waals surface area contributed by atoms with Crippen LogP contribution in [0.3, 0.4) is 0 Å². The molecule has 0 aliphatic carbocycles. The predicted octanol–water partition coefficient (Wildman–Crippen LogP) is 2.67. The third-order valence-corrected chi connectivity index (χ3v) is 3.50. The summed E-state index contributed by atoms with van der Waals surface area (Å²) in [5, 5.41) is 13.1. The molecule has 16 heavy (non-hydrogen) atoms. The Kier molecular flexibility index (Phi) is 3.20. The number of phenols is 1. The molecule has 1 aliphatic heterocycles. The second-order valence-corrected chi connectivity index (χ2v) is 5.36. The van der Waals surface area contributed by atoms with Crippen molar-refractivity contribution < 1.29 is 5.11 Å². The van der Waals surface area contributed by atoms with Gasteiger partial charge in [0.15, 0.2) is 0 Å². The number of nitrogens with one attached hydrogen (secondary N) is 1. The summed E-state index contributed by atoms with van der Waals surface area (Å²) in [5.41, 5.74) is 1.51. The van der Waals surface area contributed by atoms with Crippen LogP contribution < -0.4 is 5.32 Å². The molecule has 1 aromatic carbocycles. The zero-order chi connectivity index (χ0) is 11.6. The smallest absolute Gasteiger partial charge is 0.115 e. The van der Waals surface area contributed by atoms with E-state index in [0.717, 1.165) is 13.1 Å². The van der Waals surface area contributed by atoms with Crippen molar-refractivity contribution in [1.29, 1.82) is 0 Å². The minimum atomic E-state index is 0.229. The van der Waals surface area contributed by atoms with E-state index in [1.807, 2.05) is 12.1 Å². The summed E-state index contributed by atoms with van der Waals surface area (Å²) in [6.45, 7) is 6.66. The zero-order valence-electron chi connectivity index (χ0n) is 10.2. The third-order valence-electron chi connectivity index (χ3n) is 3.50. The molecule has 0 bridgehead atoms. The standard InChI is InChI=1S/C14H21NO/c1-11(2)9-14(6-7-15-10-14)12-4-3-5-13(16)8-12/h3-5,8,11,15-16H,6-7,9-10H2,1-2H3. The van der Waals surface area contributed by atoms with Gasteiger partial charge in [0.25, 0.3) is 0 Å². The van der Waals surface area contributed by atoms with Gasteiger partial charge in [0.1, 0.15) is 5.75 Å². The number of phenolic OH excluding ortho intramolecular Hbond substituents is 1. The number of hydrogen-bond donors (Lipinski definition) is 2. The Morgan fingerprint density at radius 1 is 1.44 bits per heavy atom. The number of benzene rings is 1. The second-order valence-electron chi connectivity index (χ2n) is 5.36. The molecule has 0 spiro atoms. The van der Waals surface area contributed by atoms with E-state index in [0.29, 0.717) is 11.7 Å². The average molecular weight is 219 g/mol. The molecule has 1 heterocycles. The van der Waals surface area contributed by atoms with Crippen molar-refractivity contribution in [2.24, 2.45) is 5.92 Å². The Labute approximate surface area is 97.7 Å². The molecule has 1 atom stereocenters. The second kappa shape index (κ2) is 4.46. The van der Waals surface area contributed by atoms with E-state index in [1.54, 1.807) is 6.07 Å². The Morgan fingerprint density at radius 3 is 2.81 bits per heavy atom. The molecule has 0 aromatic heterocycles. The van der Waals surface area contributed by atoms with Crippen LogP contribution in [0.5, 0.6) is 5.75 Å². The first-order valence-corrected chi connectivity index (χ1v) is 6.13. The fraction of sp³-hybridized carbons (Fsp3) is 0.571. The lowest BCUT2D eigenvalue weighted by Gasteiger charge is -2.31. The van der Waals surface area contributed by atoms with Gasteiger partial charge < -0.3 is 10.4 Å². The van der Waals surface area contributed by atoms with Crippen LogP contribution in [0, 0.1) is 5.92 Å². The summed E-state index contributed by atoms with van der Waals surface area (Å²) in [6, 6.07) is 7.77. The molecule has 88 valence electrons. The van der Waals surface area contributed by atoms with Gasteiger partial charge >= 0.3 is 0 Å². The quantitative estimate of drug-likeness (QED) is 0.819. The van der Waals surface area contributed by atoms with Crippen LogP contribution in [0.4, 0.5) is 0 Å². The van der Waals surface area contributed by atoms with Gasteiger partial charge in [0, 0.05) is 12.0 Å². The maximum absolute atomic E-state index is 9.60. The minimum absolute atomic E-state index is 0.229. The Bertz CT molecular complexity index is 354. The highest BCUT2D eigenvalue weighted by atomic mass is 16.3. The van der Waals surface area contributed by atoms with Gasteiger partial charge in [-0.15, -0.1) is 0 Å². The fourth-order valence-electron chi connectivity index (χ4n) is 2.90. The van der Waals surface area contributed by atoms with E-state index < -0.39 is 0 Å². The molecule has 1 unspecified atom stereocenters. The van der Waals surface area contributed by atoms with Crippen LogP contribution in [0.15, 0.2) is 24.3 Å². The molecule has 0 amide bonds. The van der Waals surface area contributed by atoms with Crippen LogP contribution >= 0.6 is 0 Å². The van der Waals surface area contributed by atoms with Gasteiger partial charge in [-0.1, -0.05) is 26.0 Å². The molecule has 0 saturated carbocycles. The van der Waals surface area contributed by atoms with Gasteiger partial charge in [-0.2, -0.15) is 0 Å². The summed E-state index contributed by atoms with van der Waals surface area (Å²) in [6.07, 6.45) is 2.36. The van der Waals surface area contributed by atoms with E-state index in [1.165, 1.54) is 18.4 Å². The summed E-state index contributed by atoms with van der Waals surface area (Å²) >= 11 is 0. The van der Waals surface area contributed by atoms with Gasteiger partial charge in [-0.25, -0.2) is 0 Å². The van der Waals surface area contributed by atoms with E-state index in [2.05, 4.69) is 25.2 Å². The number of rotatable bonds is 3. The molecular formula is C14H21NO. The van der Waals surface area contributed by atoms with Crippen LogP contribution in [0.1, 0.15) is 32.3 Å². The molecule has 1 fully saturated rings. The molecule has 2 N–H and O–H groups in total. The van der Waals surface area contributed by atoms with Gasteiger partial charge in [0.05, 0.1) is 0 Å². The minimum Gasteiger partial charge on any atom is -0.508 e. The first-order valence-electron chi connectivity index (χ1n) is 6.13. The molecule has 1 aromatic rings. The van der Waals surface area contributed by atoms with Crippen molar-refractivity contribution in [1.82, 2.24) is 5.32 Å². The van der Waals surface area contributed by atoms with Crippen molar-refractivity contribution in [3.63, 3.8) is 0 Å². The van der Waals surface area contributed by atoms with Crippen molar-refractivity contribution in [3.8, 4) is 5.75 Å². The lowest BCUT2D eigenvalue weighted by molar-refractivity contribution is 0.365. The number of hydrogen-bond acceptors (Lipinski definition) is 2. The maximum atomic E-state index is 9.60. The van der Waals surface area contributed by atoms with Crippen molar-refractivity contribution in [3.05, 3.63) is 29.8 Å². The van der Waals surface area contributed by atoms with Crippen molar-refractivity contribution >= 4 is 0 Å². The predicted molar refractivity (Wildman–Crippen MR) is 66.7 cm³/mol. The van der Waals surface area contributed by atoms with E-state index in [-0.39, 0.29) is 5.41 Å². The molecule has 0 radical (unpaired) electrons. The largest absolute Gasteiger partial charge is 0.508 e. The third kappa shape index (κ3) is 2.22. The van der Waals surface area contributed by atoms with Crippen molar-refractivity contribution in [2.75, 3.05) is 13.1 Å². The molecule has 1 aliphatic rings. The molecule has 2 nitrogen and oxygen atoms in total. The molecule has 2 heteroatoms. The molecular weight excluding hydrogens is 198 g/mol. The monoisotopic (exact) mass is 219 g/mol.